The van der Waals surface area contributed by atoms with Gasteiger partial charge in [-0.2, -0.15) is 9.97 Å². The number of hydrogen-bond acceptors (Lipinski definition) is 5. The number of nitrogens with one attached hydrogen (secondary N) is 1. The van der Waals surface area contributed by atoms with Crippen LogP contribution in [0.3, 0.4) is 0 Å². The number of nitrogens with zero attached hydrogens (tertiary/aromatic N) is 4. The predicted octanol–water partition coefficient (Wildman–Crippen LogP) is 1.23. The number of H-pyrrole nitrogens is 1. The lowest BCUT2D eigenvalue weighted by atomic mass is 10.2. The lowest BCUT2D eigenvalue weighted by molar-refractivity contribution is 0.193. The molecule has 0 radical (unpaired) electrons. The number of imidazole rings is 1. The number of fused-ring (bicyclic) bond motifs is 1. The Morgan fingerprint density at radius 1 is 1.53 bits per heavy atom. The van der Waals surface area contributed by atoms with Gasteiger partial charge >= 0.3 is 0 Å². The highest BCUT2D eigenvalue weighted by atomic mass is 35.5. The molecule has 0 aliphatic carbocycles. The van der Waals surface area contributed by atoms with Crippen molar-refractivity contribution >= 4 is 28.6 Å². The predicted molar refractivity (Wildman–Crippen MR) is 64.3 cm³/mol. The number of halogens is 1. The summed E-state index contributed by atoms with van der Waals surface area (Å²) in [5, 5.41) is 0.213. The third kappa shape index (κ3) is 1.83. The Morgan fingerprint density at radius 2 is 2.41 bits per heavy atom. The smallest absolute Gasteiger partial charge is 0.226 e. The number of anilines is 1. The summed E-state index contributed by atoms with van der Waals surface area (Å²) in [5.74, 6) is 0.771. The van der Waals surface area contributed by atoms with Crippen LogP contribution in [-0.4, -0.2) is 46.2 Å². The molecule has 0 amide bonds. The Labute approximate surface area is 103 Å². The van der Waals surface area contributed by atoms with Crippen molar-refractivity contribution < 1.29 is 4.74 Å². The molecule has 17 heavy (non-hydrogen) atoms. The Hall–Kier alpha value is -1.40. The van der Waals surface area contributed by atoms with Crippen molar-refractivity contribution in [2.24, 2.45) is 0 Å². The molecular formula is C10H12ClN5O. The molecule has 0 aromatic carbocycles. The lowest BCUT2D eigenvalue weighted by Gasteiger charge is -2.24. The second-order valence-electron chi connectivity index (χ2n) is 4.05. The first-order valence-electron chi connectivity index (χ1n) is 5.43. The van der Waals surface area contributed by atoms with Crippen molar-refractivity contribution in [1.82, 2.24) is 19.9 Å². The summed E-state index contributed by atoms with van der Waals surface area (Å²) in [6.07, 6.45) is 2.59. The third-order valence-electron chi connectivity index (χ3n) is 3.03. The van der Waals surface area contributed by atoms with Crippen LogP contribution in [0.5, 0.6) is 0 Å². The normalized spacial score (nSPS) is 20.0. The van der Waals surface area contributed by atoms with Crippen LogP contribution in [0, 0.1) is 0 Å². The summed E-state index contributed by atoms with van der Waals surface area (Å²) in [6, 6.07) is 0.326. The summed E-state index contributed by atoms with van der Waals surface area (Å²) in [5.41, 5.74) is 1.40. The van der Waals surface area contributed by atoms with Crippen LogP contribution in [0.4, 0.5) is 5.82 Å². The Balaban J connectivity index is 2.05. The lowest BCUT2D eigenvalue weighted by Crippen LogP contribution is -2.32. The van der Waals surface area contributed by atoms with E-state index in [1.807, 2.05) is 7.05 Å². The van der Waals surface area contributed by atoms with Crippen LogP contribution in [0.15, 0.2) is 6.33 Å². The van der Waals surface area contributed by atoms with Crippen LogP contribution in [0.1, 0.15) is 6.42 Å². The zero-order valence-electron chi connectivity index (χ0n) is 9.35. The summed E-state index contributed by atoms with van der Waals surface area (Å²) < 4.78 is 5.38. The van der Waals surface area contributed by atoms with Gasteiger partial charge in [0, 0.05) is 13.7 Å². The summed E-state index contributed by atoms with van der Waals surface area (Å²) >= 11 is 5.90. The van der Waals surface area contributed by atoms with Gasteiger partial charge in [0.1, 0.15) is 5.52 Å². The molecular weight excluding hydrogens is 242 g/mol. The molecule has 1 atom stereocenters. The molecule has 2 aromatic heterocycles. The third-order valence-corrected chi connectivity index (χ3v) is 3.20. The van der Waals surface area contributed by atoms with Crippen LogP contribution in [0.2, 0.25) is 5.28 Å². The van der Waals surface area contributed by atoms with E-state index >= 15 is 0 Å². The summed E-state index contributed by atoms with van der Waals surface area (Å²) in [4.78, 5) is 17.5. The zero-order valence-corrected chi connectivity index (χ0v) is 10.1. The van der Waals surface area contributed by atoms with Gasteiger partial charge in [0.15, 0.2) is 11.5 Å². The number of rotatable bonds is 2. The molecule has 1 aliphatic rings. The van der Waals surface area contributed by atoms with Crippen LogP contribution >= 0.6 is 11.6 Å². The average Bonchev–Trinajstić information content (AvgIpc) is 2.97. The first-order chi connectivity index (χ1) is 8.25. The van der Waals surface area contributed by atoms with E-state index < -0.39 is 0 Å². The van der Waals surface area contributed by atoms with E-state index in [0.717, 1.165) is 24.4 Å². The van der Waals surface area contributed by atoms with E-state index in [9.17, 15) is 0 Å². The maximum absolute atomic E-state index is 5.90. The van der Waals surface area contributed by atoms with Gasteiger partial charge in [0.25, 0.3) is 0 Å². The van der Waals surface area contributed by atoms with Gasteiger partial charge in [-0.1, -0.05) is 0 Å². The van der Waals surface area contributed by atoms with Gasteiger partial charge in [-0.3, -0.25) is 0 Å². The number of aromatic amines is 1. The van der Waals surface area contributed by atoms with E-state index in [-0.39, 0.29) is 5.28 Å². The molecule has 1 fully saturated rings. The van der Waals surface area contributed by atoms with Crippen molar-refractivity contribution in [2.45, 2.75) is 12.5 Å². The maximum Gasteiger partial charge on any atom is 0.226 e. The minimum Gasteiger partial charge on any atom is -0.379 e. The molecule has 1 saturated heterocycles. The van der Waals surface area contributed by atoms with E-state index in [0.29, 0.717) is 18.3 Å². The first-order valence-corrected chi connectivity index (χ1v) is 5.80. The van der Waals surface area contributed by atoms with Gasteiger partial charge in [0.2, 0.25) is 5.28 Å². The molecule has 1 unspecified atom stereocenters. The van der Waals surface area contributed by atoms with Gasteiger partial charge in [-0.15, -0.1) is 0 Å². The van der Waals surface area contributed by atoms with Crippen molar-refractivity contribution in [1.29, 1.82) is 0 Å². The largest absolute Gasteiger partial charge is 0.379 e. The highest BCUT2D eigenvalue weighted by molar-refractivity contribution is 6.28. The average molecular weight is 254 g/mol. The van der Waals surface area contributed by atoms with E-state index in [1.165, 1.54) is 0 Å². The zero-order chi connectivity index (χ0) is 11.8. The van der Waals surface area contributed by atoms with E-state index in [2.05, 4.69) is 24.8 Å². The number of aromatic nitrogens is 4. The molecule has 0 bridgehead atoms. The SMILES string of the molecule is CN(c1nc(Cl)nc2nc[nH]c12)C1CCOC1. The molecule has 1 aliphatic heterocycles. The fourth-order valence-corrected chi connectivity index (χ4v) is 2.21. The van der Waals surface area contributed by atoms with Crippen molar-refractivity contribution in [3.8, 4) is 0 Å². The van der Waals surface area contributed by atoms with Gasteiger partial charge in [0.05, 0.1) is 19.0 Å². The first kappa shape index (κ1) is 10.7. The highest BCUT2D eigenvalue weighted by Gasteiger charge is 2.24. The topological polar surface area (TPSA) is 66.9 Å². The molecule has 1 N–H and O–H groups in total. The quantitative estimate of drug-likeness (QED) is 0.816. The number of likely N-dealkylation sites (N-methyl/N-ethyl adjacent to an activating group) is 1. The second kappa shape index (κ2) is 4.12. The van der Waals surface area contributed by atoms with Crippen molar-refractivity contribution in [3.63, 3.8) is 0 Å². The van der Waals surface area contributed by atoms with Crippen LogP contribution in [-0.2, 0) is 4.74 Å². The molecule has 7 heteroatoms. The standard InChI is InChI=1S/C10H12ClN5O/c1-16(6-2-3-17-4-6)9-7-8(13-5-12-7)14-10(11)15-9/h5-6H,2-4H2,1H3,(H,12,13,14,15). The second-order valence-corrected chi connectivity index (χ2v) is 4.38. The Morgan fingerprint density at radius 3 is 3.18 bits per heavy atom. The van der Waals surface area contributed by atoms with E-state index in [1.54, 1.807) is 6.33 Å². The fourth-order valence-electron chi connectivity index (χ4n) is 2.05. The molecule has 90 valence electrons. The van der Waals surface area contributed by atoms with Gasteiger partial charge in [-0.05, 0) is 18.0 Å². The number of hydrogen-bond donors (Lipinski definition) is 1. The summed E-state index contributed by atoms with van der Waals surface area (Å²) in [6.45, 7) is 1.51. The van der Waals surface area contributed by atoms with Gasteiger partial charge in [-0.25, -0.2) is 4.98 Å². The molecule has 0 saturated carbocycles. The molecule has 3 heterocycles. The molecule has 0 spiro atoms. The molecule has 6 nitrogen and oxygen atoms in total. The molecule has 3 rings (SSSR count). The van der Waals surface area contributed by atoms with Crippen LogP contribution in [0.25, 0.3) is 11.2 Å². The number of ether oxygens (including phenoxy) is 1. The van der Waals surface area contributed by atoms with E-state index in [4.69, 9.17) is 16.3 Å². The van der Waals surface area contributed by atoms with Crippen molar-refractivity contribution in [3.05, 3.63) is 11.6 Å². The fraction of sp³-hybridized carbons (Fsp3) is 0.500. The minimum absolute atomic E-state index is 0.213. The van der Waals surface area contributed by atoms with Gasteiger partial charge < -0.3 is 14.6 Å². The molecule has 2 aromatic rings. The highest BCUT2D eigenvalue weighted by Crippen LogP contribution is 2.25. The Kier molecular flexibility index (Phi) is 2.60. The minimum atomic E-state index is 0.213. The van der Waals surface area contributed by atoms with Crippen LogP contribution < -0.4 is 4.90 Å². The Bertz CT molecular complexity index is 536. The summed E-state index contributed by atoms with van der Waals surface area (Å²) in [7, 11) is 1.98. The van der Waals surface area contributed by atoms with Crippen molar-refractivity contribution in [2.75, 3.05) is 25.2 Å². The maximum atomic E-state index is 5.90. The monoisotopic (exact) mass is 253 g/mol.